The average molecular weight is 170 g/mol. The van der Waals surface area contributed by atoms with Gasteiger partial charge in [-0.25, -0.2) is 4.79 Å². The molecule has 1 heterocycles. The molecule has 1 rings (SSSR count). The van der Waals surface area contributed by atoms with Crippen LogP contribution in [0.4, 0.5) is 0 Å². The van der Waals surface area contributed by atoms with Crippen molar-refractivity contribution in [3.8, 4) is 0 Å². The molecule has 1 aliphatic heterocycles. The molecule has 0 N–H and O–H groups in total. The Morgan fingerprint density at radius 1 is 1.50 bits per heavy atom. The molecule has 0 aromatic heterocycles. The van der Waals surface area contributed by atoms with Crippen molar-refractivity contribution in [3.63, 3.8) is 0 Å². The largest absolute Gasteiger partial charge is 0.472 e. The Kier molecular flexibility index (Phi) is 2.17. The summed E-state index contributed by atoms with van der Waals surface area (Å²) in [5.41, 5.74) is 0. The van der Waals surface area contributed by atoms with E-state index in [1.807, 2.05) is 0 Å². The highest BCUT2D eigenvalue weighted by Gasteiger charge is 2.28. The molecule has 12 heavy (non-hydrogen) atoms. The second-order valence-corrected chi connectivity index (χ2v) is 2.62. The van der Waals surface area contributed by atoms with Crippen LogP contribution in [0.3, 0.4) is 0 Å². The molecule has 0 aromatic carbocycles. The van der Waals surface area contributed by atoms with Gasteiger partial charge in [-0.15, -0.1) is 0 Å². The standard InChI is InChI=1S/C8H10O4/c1-4(9)7-5(2)12-8(10)6(3)11-7/h6H,1-3H3. The van der Waals surface area contributed by atoms with Crippen molar-refractivity contribution < 1.29 is 19.1 Å². The zero-order valence-corrected chi connectivity index (χ0v) is 7.21. The van der Waals surface area contributed by atoms with E-state index in [1.54, 1.807) is 0 Å². The van der Waals surface area contributed by atoms with E-state index in [-0.39, 0.29) is 17.3 Å². The van der Waals surface area contributed by atoms with Gasteiger partial charge in [-0.3, -0.25) is 4.79 Å². The van der Waals surface area contributed by atoms with Gasteiger partial charge >= 0.3 is 5.97 Å². The fraction of sp³-hybridized carbons (Fsp3) is 0.500. The first-order chi connectivity index (χ1) is 5.52. The summed E-state index contributed by atoms with van der Waals surface area (Å²) in [7, 11) is 0. The van der Waals surface area contributed by atoms with E-state index in [9.17, 15) is 9.59 Å². The lowest BCUT2D eigenvalue weighted by Crippen LogP contribution is -2.29. The number of hydrogen-bond donors (Lipinski definition) is 0. The first kappa shape index (κ1) is 8.77. The molecule has 0 aliphatic carbocycles. The van der Waals surface area contributed by atoms with Crippen LogP contribution >= 0.6 is 0 Å². The van der Waals surface area contributed by atoms with Crippen molar-refractivity contribution in [3.05, 3.63) is 11.5 Å². The zero-order chi connectivity index (χ0) is 9.30. The number of ketones is 1. The minimum absolute atomic E-state index is 0.141. The van der Waals surface area contributed by atoms with Gasteiger partial charge in [0.15, 0.2) is 17.6 Å². The fourth-order valence-electron chi connectivity index (χ4n) is 0.919. The number of hydrogen-bond acceptors (Lipinski definition) is 4. The zero-order valence-electron chi connectivity index (χ0n) is 7.21. The predicted molar refractivity (Wildman–Crippen MR) is 40.0 cm³/mol. The van der Waals surface area contributed by atoms with Crippen LogP contribution in [-0.2, 0) is 19.1 Å². The first-order valence-corrected chi connectivity index (χ1v) is 3.62. The summed E-state index contributed by atoms with van der Waals surface area (Å²) in [6.07, 6.45) is -0.687. The predicted octanol–water partition coefficient (Wildman–Crippen LogP) is 0.769. The van der Waals surface area contributed by atoms with Crippen molar-refractivity contribution in [1.82, 2.24) is 0 Å². The number of rotatable bonds is 1. The lowest BCUT2D eigenvalue weighted by Gasteiger charge is -2.21. The summed E-state index contributed by atoms with van der Waals surface area (Å²) in [4.78, 5) is 21.8. The topological polar surface area (TPSA) is 52.6 Å². The Balaban J connectivity index is 2.93. The number of allylic oxidation sites excluding steroid dienone is 2. The molecule has 4 nitrogen and oxygen atoms in total. The number of esters is 1. The van der Waals surface area contributed by atoms with E-state index < -0.39 is 12.1 Å². The summed E-state index contributed by atoms with van der Waals surface area (Å²) in [6, 6.07) is 0. The highest BCUT2D eigenvalue weighted by molar-refractivity contribution is 5.93. The van der Waals surface area contributed by atoms with Crippen LogP contribution in [0, 0.1) is 0 Å². The molecular formula is C8H10O4. The maximum atomic E-state index is 10.9. The smallest absolute Gasteiger partial charge is 0.352 e. The molecule has 4 heteroatoms. The van der Waals surface area contributed by atoms with Crippen LogP contribution in [-0.4, -0.2) is 17.9 Å². The van der Waals surface area contributed by atoms with E-state index >= 15 is 0 Å². The summed E-state index contributed by atoms with van der Waals surface area (Å²) < 4.78 is 9.80. The molecule has 66 valence electrons. The molecule has 0 bridgehead atoms. The van der Waals surface area contributed by atoms with Gasteiger partial charge in [-0.1, -0.05) is 0 Å². The Morgan fingerprint density at radius 2 is 2.08 bits per heavy atom. The van der Waals surface area contributed by atoms with Crippen molar-refractivity contribution in [1.29, 1.82) is 0 Å². The van der Waals surface area contributed by atoms with Crippen LogP contribution in [0.1, 0.15) is 20.8 Å². The molecule has 0 fully saturated rings. The molecule has 0 amide bonds. The minimum atomic E-state index is -0.687. The van der Waals surface area contributed by atoms with Gasteiger partial charge in [0.25, 0.3) is 0 Å². The fourth-order valence-corrected chi connectivity index (χ4v) is 0.919. The van der Waals surface area contributed by atoms with E-state index in [2.05, 4.69) is 0 Å². The third kappa shape index (κ3) is 1.47. The van der Waals surface area contributed by atoms with Crippen LogP contribution in [0.15, 0.2) is 11.5 Å². The monoisotopic (exact) mass is 170 g/mol. The van der Waals surface area contributed by atoms with Crippen molar-refractivity contribution >= 4 is 11.8 Å². The molecule has 0 saturated carbocycles. The Labute approximate surface area is 70.1 Å². The Hall–Kier alpha value is -1.32. The third-order valence-electron chi connectivity index (χ3n) is 1.52. The van der Waals surface area contributed by atoms with Crippen LogP contribution in [0.5, 0.6) is 0 Å². The van der Waals surface area contributed by atoms with E-state index in [0.717, 1.165) is 0 Å². The summed E-state index contributed by atoms with van der Waals surface area (Å²) in [5, 5.41) is 0. The SMILES string of the molecule is CC(=O)C1=C(C)OC(=O)C(C)O1. The minimum Gasteiger partial charge on any atom is -0.472 e. The number of Topliss-reactive ketones (excluding diaryl/α,β-unsaturated/α-hetero) is 1. The van der Waals surface area contributed by atoms with Crippen molar-refractivity contribution in [2.45, 2.75) is 26.9 Å². The van der Waals surface area contributed by atoms with Crippen LogP contribution in [0.2, 0.25) is 0 Å². The van der Waals surface area contributed by atoms with E-state index in [4.69, 9.17) is 9.47 Å². The lowest BCUT2D eigenvalue weighted by molar-refractivity contribution is -0.155. The quantitative estimate of drug-likeness (QED) is 0.545. The number of carbonyl (C=O) groups excluding carboxylic acids is 2. The van der Waals surface area contributed by atoms with E-state index in [1.165, 1.54) is 20.8 Å². The van der Waals surface area contributed by atoms with Crippen LogP contribution < -0.4 is 0 Å². The van der Waals surface area contributed by atoms with E-state index in [0.29, 0.717) is 0 Å². The van der Waals surface area contributed by atoms with Gasteiger partial charge in [0, 0.05) is 6.92 Å². The van der Waals surface area contributed by atoms with Crippen molar-refractivity contribution in [2.75, 3.05) is 0 Å². The molecule has 1 unspecified atom stereocenters. The maximum absolute atomic E-state index is 10.9. The van der Waals surface area contributed by atoms with Crippen LogP contribution in [0.25, 0.3) is 0 Å². The maximum Gasteiger partial charge on any atom is 0.352 e. The van der Waals surface area contributed by atoms with Gasteiger partial charge in [0.1, 0.15) is 0 Å². The van der Waals surface area contributed by atoms with Gasteiger partial charge in [-0.2, -0.15) is 0 Å². The summed E-state index contributed by atoms with van der Waals surface area (Å²) in [5.74, 6) is -0.308. The average Bonchev–Trinajstić information content (AvgIpc) is 1.96. The third-order valence-corrected chi connectivity index (χ3v) is 1.52. The highest BCUT2D eigenvalue weighted by atomic mass is 16.6. The first-order valence-electron chi connectivity index (χ1n) is 3.62. The Morgan fingerprint density at radius 3 is 2.58 bits per heavy atom. The lowest BCUT2D eigenvalue weighted by atomic mass is 10.2. The van der Waals surface area contributed by atoms with Crippen molar-refractivity contribution in [2.24, 2.45) is 0 Å². The number of carbonyl (C=O) groups is 2. The molecule has 0 aromatic rings. The second-order valence-electron chi connectivity index (χ2n) is 2.62. The normalized spacial score (nSPS) is 23.2. The number of cyclic esters (lactones) is 1. The van der Waals surface area contributed by atoms with Gasteiger partial charge in [-0.05, 0) is 13.8 Å². The number of ether oxygens (including phenoxy) is 2. The molecular weight excluding hydrogens is 160 g/mol. The van der Waals surface area contributed by atoms with Gasteiger partial charge in [0.05, 0.1) is 0 Å². The summed E-state index contributed by atoms with van der Waals surface area (Å²) >= 11 is 0. The molecule has 0 radical (unpaired) electrons. The second kappa shape index (κ2) is 2.97. The van der Waals surface area contributed by atoms with Gasteiger partial charge < -0.3 is 9.47 Å². The molecule has 1 aliphatic rings. The van der Waals surface area contributed by atoms with Gasteiger partial charge in [0.2, 0.25) is 5.76 Å². The summed E-state index contributed by atoms with van der Waals surface area (Å²) in [6.45, 7) is 4.43. The molecule has 0 spiro atoms. The highest BCUT2D eigenvalue weighted by Crippen LogP contribution is 2.18. The molecule has 0 saturated heterocycles. The Bertz CT molecular complexity index is 264. The molecule has 1 atom stereocenters.